The number of azo groups is 1. The molecule has 9 nitrogen and oxygen atoms in total. The average molecular weight is 426 g/mol. The van der Waals surface area contributed by atoms with Gasteiger partial charge in [-0.25, -0.2) is 18.6 Å². The van der Waals surface area contributed by atoms with Crippen LogP contribution in [-0.4, -0.2) is 22.1 Å². The quantitative estimate of drug-likeness (QED) is 0.435. The van der Waals surface area contributed by atoms with Crippen molar-refractivity contribution in [2.75, 3.05) is 12.4 Å². The molecule has 0 radical (unpaired) electrons. The molecule has 4 rings (SSSR count). The number of anilines is 2. The second-order valence-electron chi connectivity index (χ2n) is 6.65. The van der Waals surface area contributed by atoms with E-state index in [1.54, 1.807) is 13.8 Å². The van der Waals surface area contributed by atoms with E-state index in [9.17, 15) is 13.6 Å². The number of hydrogen-bond donors (Lipinski definition) is 2. The van der Waals surface area contributed by atoms with E-state index in [0.29, 0.717) is 28.3 Å². The van der Waals surface area contributed by atoms with Gasteiger partial charge in [0.05, 0.1) is 18.3 Å². The zero-order valence-corrected chi connectivity index (χ0v) is 16.7. The number of hydrogen-bond acceptors (Lipinski definition) is 8. The molecule has 11 heteroatoms. The highest BCUT2D eigenvalue weighted by atomic mass is 19.1. The van der Waals surface area contributed by atoms with Gasteiger partial charge in [0.1, 0.15) is 5.82 Å². The molecule has 0 bridgehead atoms. The minimum Gasteiger partial charge on any atom is -0.494 e. The molecule has 0 aliphatic rings. The molecule has 158 valence electrons. The number of halogens is 2. The normalized spacial score (nSPS) is 11.4. The lowest BCUT2D eigenvalue weighted by Gasteiger charge is -2.09. The molecule has 2 aromatic carbocycles. The van der Waals surface area contributed by atoms with Crippen molar-refractivity contribution in [3.8, 4) is 5.75 Å². The highest BCUT2D eigenvalue weighted by Crippen LogP contribution is 2.29. The Balaban J connectivity index is 1.63. The predicted octanol–water partition coefficient (Wildman–Crippen LogP) is 4.97. The summed E-state index contributed by atoms with van der Waals surface area (Å²) in [5, 5.41) is 11.0. The average Bonchev–Trinajstić information content (AvgIpc) is 3.11. The minimum atomic E-state index is -0.750. The van der Waals surface area contributed by atoms with E-state index in [2.05, 4.69) is 30.5 Å². The molecule has 2 heterocycles. The molecule has 0 unspecified atom stereocenters. The summed E-state index contributed by atoms with van der Waals surface area (Å²) in [6, 6.07) is 5.61. The Kier molecular flexibility index (Phi) is 5.15. The number of aromatic amines is 1. The fourth-order valence-corrected chi connectivity index (χ4v) is 2.86. The van der Waals surface area contributed by atoms with E-state index in [1.165, 1.54) is 37.6 Å². The molecule has 0 aliphatic carbocycles. The molecule has 4 aromatic rings. The summed E-state index contributed by atoms with van der Waals surface area (Å²) in [6.45, 7) is 3.34. The highest BCUT2D eigenvalue weighted by Gasteiger charge is 2.12. The Morgan fingerprint density at radius 1 is 1.13 bits per heavy atom. The summed E-state index contributed by atoms with van der Waals surface area (Å²) < 4.78 is 37.8. The Morgan fingerprint density at radius 3 is 2.71 bits per heavy atom. The lowest BCUT2D eigenvalue weighted by atomic mass is 10.2. The first kappa shape index (κ1) is 20.1. The van der Waals surface area contributed by atoms with Gasteiger partial charge in [-0.2, -0.15) is 4.98 Å². The summed E-state index contributed by atoms with van der Waals surface area (Å²) >= 11 is 0. The maximum absolute atomic E-state index is 14.2. The van der Waals surface area contributed by atoms with Crippen LogP contribution in [0, 0.1) is 25.5 Å². The number of aromatic nitrogens is 3. The largest absolute Gasteiger partial charge is 0.494 e. The number of nitrogens with zero attached hydrogens (tertiary/aromatic N) is 4. The number of oxazole rings is 1. The number of H-pyrrole nitrogens is 1. The first-order valence-corrected chi connectivity index (χ1v) is 9.03. The molecule has 0 spiro atoms. The lowest BCUT2D eigenvalue weighted by Crippen LogP contribution is -1.98. The van der Waals surface area contributed by atoms with Crippen LogP contribution >= 0.6 is 0 Å². The molecule has 2 aromatic heterocycles. The van der Waals surface area contributed by atoms with Crippen molar-refractivity contribution in [3.63, 3.8) is 0 Å². The number of ether oxygens (including phenoxy) is 1. The highest BCUT2D eigenvalue weighted by molar-refractivity contribution is 5.79. The third kappa shape index (κ3) is 4.10. The molecular formula is C20H16F2N6O3. The van der Waals surface area contributed by atoms with Crippen molar-refractivity contribution in [3.05, 3.63) is 63.8 Å². The van der Waals surface area contributed by atoms with Gasteiger partial charge in [-0.05, 0) is 31.5 Å². The van der Waals surface area contributed by atoms with E-state index in [1.807, 2.05) is 0 Å². The lowest BCUT2D eigenvalue weighted by molar-refractivity contribution is 0.385. The van der Waals surface area contributed by atoms with Gasteiger partial charge < -0.3 is 14.5 Å². The summed E-state index contributed by atoms with van der Waals surface area (Å²) in [6.07, 6.45) is 1.52. The van der Waals surface area contributed by atoms with Crippen LogP contribution in [0.3, 0.4) is 0 Å². The van der Waals surface area contributed by atoms with Crippen LogP contribution in [0.4, 0.5) is 31.9 Å². The topological polar surface area (TPSA) is 118 Å². The van der Waals surface area contributed by atoms with Crippen molar-refractivity contribution in [2.24, 2.45) is 10.2 Å². The fourth-order valence-electron chi connectivity index (χ4n) is 2.86. The number of fused-ring (bicyclic) bond motifs is 1. The molecule has 0 saturated carbocycles. The maximum atomic E-state index is 14.2. The minimum absolute atomic E-state index is 0.0345. The summed E-state index contributed by atoms with van der Waals surface area (Å²) in [5.41, 5.74) is 1.78. The number of nitrogens with one attached hydrogen (secondary N) is 2. The Hall–Kier alpha value is -4.15. The van der Waals surface area contributed by atoms with Gasteiger partial charge in [0, 0.05) is 29.6 Å². The number of rotatable bonds is 5. The standard InChI is InChI=1S/C20H16F2N6O3/c1-9-4-12(7-15(30-3)16(9)22)27-28-19-23-8-10(2)18(26-19)24-11-5-13(21)17-14(6-11)25-20(29)31-17/h4-8H,1-3H3,(H,25,29)(H,23,24,26)/b28-27+. The van der Waals surface area contributed by atoms with Gasteiger partial charge in [0.15, 0.2) is 23.0 Å². The third-order valence-electron chi connectivity index (χ3n) is 4.38. The van der Waals surface area contributed by atoms with Gasteiger partial charge in [0.2, 0.25) is 0 Å². The summed E-state index contributed by atoms with van der Waals surface area (Å²) in [7, 11) is 1.36. The number of benzene rings is 2. The third-order valence-corrected chi connectivity index (χ3v) is 4.38. The molecule has 0 fully saturated rings. The molecule has 0 atom stereocenters. The Labute approximate surface area is 173 Å². The van der Waals surface area contributed by atoms with Gasteiger partial charge in [0.25, 0.3) is 5.95 Å². The van der Waals surface area contributed by atoms with Gasteiger partial charge in [-0.15, -0.1) is 10.2 Å². The van der Waals surface area contributed by atoms with E-state index >= 15 is 0 Å². The fraction of sp³-hybridized carbons (Fsp3) is 0.150. The molecule has 0 saturated heterocycles. The van der Waals surface area contributed by atoms with Crippen molar-refractivity contribution in [1.29, 1.82) is 0 Å². The van der Waals surface area contributed by atoms with E-state index < -0.39 is 17.4 Å². The van der Waals surface area contributed by atoms with Gasteiger partial charge in [-0.1, -0.05) is 0 Å². The Morgan fingerprint density at radius 2 is 1.94 bits per heavy atom. The van der Waals surface area contributed by atoms with E-state index in [-0.39, 0.29) is 22.8 Å². The molecule has 2 N–H and O–H groups in total. The first-order chi connectivity index (χ1) is 14.8. The zero-order chi connectivity index (χ0) is 22.1. The van der Waals surface area contributed by atoms with Crippen molar-refractivity contribution < 1.29 is 17.9 Å². The SMILES string of the molecule is COc1cc(/N=N/c2ncc(C)c(Nc3cc(F)c4oc(=O)[nH]c4c3)n2)cc(C)c1F. The van der Waals surface area contributed by atoms with Crippen molar-refractivity contribution in [2.45, 2.75) is 13.8 Å². The second-order valence-corrected chi connectivity index (χ2v) is 6.65. The van der Waals surface area contributed by atoms with Crippen molar-refractivity contribution in [1.82, 2.24) is 15.0 Å². The van der Waals surface area contributed by atoms with Crippen LogP contribution in [0.1, 0.15) is 11.1 Å². The van der Waals surface area contributed by atoms with Crippen LogP contribution in [-0.2, 0) is 0 Å². The first-order valence-electron chi connectivity index (χ1n) is 9.03. The van der Waals surface area contributed by atoms with Gasteiger partial charge >= 0.3 is 5.76 Å². The molecular weight excluding hydrogens is 410 g/mol. The van der Waals surface area contributed by atoms with Crippen LogP contribution in [0.2, 0.25) is 0 Å². The Bertz CT molecular complexity index is 1380. The summed E-state index contributed by atoms with van der Waals surface area (Å²) in [4.78, 5) is 22.1. The van der Waals surface area contributed by atoms with E-state index in [0.717, 1.165) is 0 Å². The van der Waals surface area contributed by atoms with Crippen molar-refractivity contribution >= 4 is 34.2 Å². The van der Waals surface area contributed by atoms with Crippen LogP contribution in [0.25, 0.3) is 11.1 Å². The summed E-state index contributed by atoms with van der Waals surface area (Å²) in [5.74, 6) is -1.47. The number of methoxy groups -OCH3 is 1. The zero-order valence-electron chi connectivity index (χ0n) is 16.7. The maximum Gasteiger partial charge on any atom is 0.417 e. The smallest absolute Gasteiger partial charge is 0.417 e. The monoisotopic (exact) mass is 426 g/mol. The molecule has 31 heavy (non-hydrogen) atoms. The van der Waals surface area contributed by atoms with Crippen LogP contribution < -0.4 is 15.8 Å². The van der Waals surface area contributed by atoms with Gasteiger partial charge in [-0.3, -0.25) is 4.98 Å². The predicted molar refractivity (Wildman–Crippen MR) is 109 cm³/mol. The van der Waals surface area contributed by atoms with Crippen LogP contribution in [0.15, 0.2) is 49.9 Å². The second kappa shape index (κ2) is 7.94. The van der Waals surface area contributed by atoms with E-state index in [4.69, 9.17) is 9.15 Å². The van der Waals surface area contributed by atoms with Crippen LogP contribution in [0.5, 0.6) is 5.75 Å². The molecule has 0 amide bonds. The number of aryl methyl sites for hydroxylation is 2. The molecule has 0 aliphatic heterocycles.